The molecule has 0 aliphatic heterocycles. The van der Waals surface area contributed by atoms with Crippen LogP contribution in [0.15, 0.2) is 119 Å². The topological polar surface area (TPSA) is 144 Å². The normalized spacial score (nSPS) is 11.5. The minimum Gasteiger partial charge on any atom is -0.267 e. The third-order valence-corrected chi connectivity index (χ3v) is 6.78. The quantitative estimate of drug-likeness (QED) is 0.294. The molecule has 2 aromatic carbocycles. The Kier molecular flexibility index (Phi) is 7.04. The van der Waals surface area contributed by atoms with Crippen LogP contribution in [0.4, 0.5) is 11.5 Å². The molecule has 0 unspecified atom stereocenters. The largest absolute Gasteiger partial charge is 0.278 e. The summed E-state index contributed by atoms with van der Waals surface area (Å²) in [5.41, 5.74) is 3.05. The molecule has 1 N–H and O–H groups in total. The lowest BCUT2D eigenvalue weighted by Crippen LogP contribution is -2.15. The summed E-state index contributed by atoms with van der Waals surface area (Å²) in [4.78, 5) is 24.8. The number of rotatable bonds is 8. The first-order valence-corrected chi connectivity index (χ1v) is 12.8. The fourth-order valence-electron chi connectivity index (χ4n) is 3.61. The molecule has 0 saturated heterocycles. The lowest BCUT2D eigenvalue weighted by Gasteiger charge is -2.08. The Morgan fingerprint density at radius 2 is 1.63 bits per heavy atom. The molecule has 0 fully saturated rings. The van der Waals surface area contributed by atoms with Gasteiger partial charge in [-0.2, -0.15) is 20.0 Å². The highest BCUT2D eigenvalue weighted by molar-refractivity contribution is 7.92. The van der Waals surface area contributed by atoms with Crippen LogP contribution in [-0.2, 0) is 16.6 Å². The Bertz CT molecular complexity index is 1670. The number of carbonyl (C=O) groups is 1. The molecule has 3 aromatic heterocycles. The van der Waals surface area contributed by atoms with Gasteiger partial charge in [0, 0.05) is 35.3 Å². The number of aromatic nitrogens is 5. The van der Waals surface area contributed by atoms with E-state index in [9.17, 15) is 13.2 Å². The van der Waals surface area contributed by atoms with E-state index in [0.29, 0.717) is 22.5 Å². The van der Waals surface area contributed by atoms with Gasteiger partial charge in [-0.15, -0.1) is 0 Å². The smallest absolute Gasteiger partial charge is 0.267 e. The zero-order valence-corrected chi connectivity index (χ0v) is 20.6. The van der Waals surface area contributed by atoms with Crippen molar-refractivity contribution in [2.75, 3.05) is 4.72 Å². The fraction of sp³-hybridized carbons (Fsp3) is 0.0385. The molecule has 188 valence electrons. The predicted octanol–water partition coefficient (Wildman–Crippen LogP) is 4.51. The van der Waals surface area contributed by atoms with Gasteiger partial charge in [0.2, 0.25) is 0 Å². The number of benzene rings is 2. The molecule has 12 heteroatoms. The van der Waals surface area contributed by atoms with E-state index in [2.05, 4.69) is 35.0 Å². The van der Waals surface area contributed by atoms with Crippen LogP contribution in [0.2, 0.25) is 0 Å². The average Bonchev–Trinajstić information content (AvgIpc) is 3.38. The van der Waals surface area contributed by atoms with Gasteiger partial charge in [-0.1, -0.05) is 30.3 Å². The van der Waals surface area contributed by atoms with Crippen molar-refractivity contribution in [1.82, 2.24) is 24.7 Å². The molecule has 11 nitrogen and oxygen atoms in total. The maximum Gasteiger partial charge on any atom is 0.278 e. The molecule has 38 heavy (non-hydrogen) atoms. The van der Waals surface area contributed by atoms with Gasteiger partial charge in [0.05, 0.1) is 29.0 Å². The molecule has 0 bridgehead atoms. The molecule has 5 aromatic rings. The third-order valence-electron chi connectivity index (χ3n) is 5.41. The van der Waals surface area contributed by atoms with Gasteiger partial charge >= 0.3 is 0 Å². The second-order valence-corrected chi connectivity index (χ2v) is 9.61. The third kappa shape index (κ3) is 5.50. The summed E-state index contributed by atoms with van der Waals surface area (Å²) in [6.07, 6.45) is 7.39. The number of azo groups is 1. The predicted molar refractivity (Wildman–Crippen MR) is 139 cm³/mol. The lowest BCUT2D eigenvalue weighted by atomic mass is 10.1. The highest BCUT2D eigenvalue weighted by atomic mass is 32.2. The number of anilines is 1. The highest BCUT2D eigenvalue weighted by Gasteiger charge is 2.19. The van der Waals surface area contributed by atoms with Gasteiger partial charge < -0.3 is 0 Å². The Balaban J connectivity index is 1.35. The summed E-state index contributed by atoms with van der Waals surface area (Å²) < 4.78 is 28.9. The van der Waals surface area contributed by atoms with Gasteiger partial charge in [0.15, 0.2) is 0 Å². The van der Waals surface area contributed by atoms with Crippen molar-refractivity contribution < 1.29 is 13.2 Å². The maximum atomic E-state index is 13.1. The standard InChI is InChI=1S/C26H20N8O3S/c35-26(20-10-13-27-14-11-20)34-25(19-4-2-1-3-5-19)21(17-31-34)16-30-32-22-6-8-23(9-7-22)38(36,37)33-24-12-15-28-18-29-24/h1-15,17-18H,16H2,(H,28,29,33). The van der Waals surface area contributed by atoms with Crippen LogP contribution in [0.1, 0.15) is 15.9 Å². The van der Waals surface area contributed by atoms with Gasteiger partial charge in [0.25, 0.3) is 15.9 Å². The lowest BCUT2D eigenvalue weighted by molar-refractivity contribution is 0.0947. The number of nitrogens with one attached hydrogen (secondary N) is 1. The van der Waals surface area contributed by atoms with E-state index < -0.39 is 10.0 Å². The Morgan fingerprint density at radius 3 is 2.34 bits per heavy atom. The van der Waals surface area contributed by atoms with Crippen LogP contribution < -0.4 is 4.72 Å². The van der Waals surface area contributed by atoms with E-state index in [1.54, 1.807) is 42.9 Å². The minimum atomic E-state index is -3.82. The van der Waals surface area contributed by atoms with E-state index in [0.717, 1.165) is 5.56 Å². The number of nitrogens with zero attached hydrogens (tertiary/aromatic N) is 7. The summed E-state index contributed by atoms with van der Waals surface area (Å²) in [6.45, 7) is 0.156. The summed E-state index contributed by atoms with van der Waals surface area (Å²) >= 11 is 0. The summed E-state index contributed by atoms with van der Waals surface area (Å²) in [5.74, 6) is -0.122. The van der Waals surface area contributed by atoms with Crippen molar-refractivity contribution in [3.05, 3.63) is 115 Å². The first kappa shape index (κ1) is 24.6. The molecule has 0 radical (unpaired) electrons. The fourth-order valence-corrected chi connectivity index (χ4v) is 4.61. The van der Waals surface area contributed by atoms with Gasteiger partial charge in [-0.3, -0.25) is 14.5 Å². The number of pyridine rings is 1. The second kappa shape index (κ2) is 10.9. The minimum absolute atomic E-state index is 0.0531. The highest BCUT2D eigenvalue weighted by Crippen LogP contribution is 2.26. The van der Waals surface area contributed by atoms with Crippen molar-refractivity contribution in [2.24, 2.45) is 10.2 Å². The number of hydrogen-bond donors (Lipinski definition) is 1. The van der Waals surface area contributed by atoms with Gasteiger partial charge in [0.1, 0.15) is 12.1 Å². The van der Waals surface area contributed by atoms with Crippen LogP contribution in [0.3, 0.4) is 0 Å². The molecule has 0 amide bonds. The van der Waals surface area contributed by atoms with E-state index in [-0.39, 0.29) is 23.2 Å². The molecular weight excluding hydrogens is 504 g/mol. The Hall–Kier alpha value is -5.10. The summed E-state index contributed by atoms with van der Waals surface area (Å²) in [7, 11) is -3.82. The van der Waals surface area contributed by atoms with Crippen molar-refractivity contribution in [3.8, 4) is 11.3 Å². The average molecular weight is 525 g/mol. The zero-order chi connectivity index (χ0) is 26.4. The molecule has 0 aliphatic carbocycles. The zero-order valence-electron chi connectivity index (χ0n) is 19.8. The van der Waals surface area contributed by atoms with E-state index >= 15 is 0 Å². The number of sulfonamides is 1. The van der Waals surface area contributed by atoms with Crippen LogP contribution >= 0.6 is 0 Å². The number of carbonyl (C=O) groups excluding carboxylic acids is 1. The van der Waals surface area contributed by atoms with Gasteiger partial charge in [-0.25, -0.2) is 18.4 Å². The maximum absolute atomic E-state index is 13.1. The molecule has 5 rings (SSSR count). The summed E-state index contributed by atoms with van der Waals surface area (Å²) in [6, 6.07) is 20.1. The second-order valence-electron chi connectivity index (χ2n) is 7.93. The molecule has 0 saturated carbocycles. The molecule has 0 spiro atoms. The number of hydrogen-bond acceptors (Lipinski definition) is 9. The van der Waals surface area contributed by atoms with Crippen molar-refractivity contribution in [2.45, 2.75) is 11.4 Å². The SMILES string of the molecule is O=C(c1ccncc1)n1ncc(CN=Nc2ccc(S(=O)(=O)Nc3ccncn3)cc2)c1-c1ccccc1. The van der Waals surface area contributed by atoms with E-state index in [1.165, 1.54) is 35.4 Å². The van der Waals surface area contributed by atoms with Crippen molar-refractivity contribution >= 4 is 27.4 Å². The van der Waals surface area contributed by atoms with Gasteiger partial charge in [-0.05, 0) is 42.5 Å². The van der Waals surface area contributed by atoms with Crippen molar-refractivity contribution in [1.29, 1.82) is 0 Å². The monoisotopic (exact) mass is 524 g/mol. The molecule has 0 atom stereocenters. The first-order valence-electron chi connectivity index (χ1n) is 11.3. The Morgan fingerprint density at radius 1 is 0.895 bits per heavy atom. The van der Waals surface area contributed by atoms with Crippen molar-refractivity contribution in [3.63, 3.8) is 0 Å². The first-order chi connectivity index (χ1) is 18.5. The van der Waals surface area contributed by atoms with Crippen LogP contribution in [0.5, 0.6) is 0 Å². The van der Waals surface area contributed by atoms with E-state index in [4.69, 9.17) is 0 Å². The van der Waals surface area contributed by atoms with Crippen LogP contribution in [0, 0.1) is 0 Å². The molecule has 0 aliphatic rings. The molecular formula is C26H20N8O3S. The summed E-state index contributed by atoms with van der Waals surface area (Å²) in [5, 5.41) is 12.8. The Labute approximate surface area is 218 Å². The van der Waals surface area contributed by atoms with Crippen LogP contribution in [0.25, 0.3) is 11.3 Å². The molecule has 3 heterocycles. The van der Waals surface area contributed by atoms with E-state index in [1.807, 2.05) is 30.3 Å². The van der Waals surface area contributed by atoms with Crippen LogP contribution in [-0.4, -0.2) is 39.1 Å².